The van der Waals surface area contributed by atoms with Crippen molar-refractivity contribution < 1.29 is 33.2 Å². The summed E-state index contributed by atoms with van der Waals surface area (Å²) < 4.78 is 33.6. The van der Waals surface area contributed by atoms with Gasteiger partial charge in [-0.2, -0.15) is 0 Å². The molecule has 0 aromatic heterocycles. The van der Waals surface area contributed by atoms with Gasteiger partial charge in [0.2, 0.25) is 6.29 Å². The number of hydrogen-bond acceptors (Lipinski definition) is 7. The van der Waals surface area contributed by atoms with Gasteiger partial charge in [-0.3, -0.25) is 0 Å². The van der Waals surface area contributed by atoms with Crippen molar-refractivity contribution in [2.45, 2.75) is 70.0 Å². The molecule has 20 heavy (non-hydrogen) atoms. The summed E-state index contributed by atoms with van der Waals surface area (Å²) in [7, 11) is 1.45. The lowest BCUT2D eigenvalue weighted by molar-refractivity contribution is -0.221. The van der Waals surface area contributed by atoms with Crippen LogP contribution in [0.3, 0.4) is 0 Å². The molecular formula is C13H20O7. The van der Waals surface area contributed by atoms with Gasteiger partial charge in [-0.1, -0.05) is 0 Å². The van der Waals surface area contributed by atoms with Gasteiger partial charge in [0.05, 0.1) is 0 Å². The highest BCUT2D eigenvalue weighted by atomic mass is 16.8. The molecular weight excluding hydrogens is 268 g/mol. The number of carbonyl (C=O) groups is 1. The molecule has 0 aromatic rings. The fourth-order valence-electron chi connectivity index (χ4n) is 2.92. The zero-order valence-corrected chi connectivity index (χ0v) is 12.2. The highest BCUT2D eigenvalue weighted by Crippen LogP contribution is 2.42. The molecule has 0 bridgehead atoms. The van der Waals surface area contributed by atoms with Gasteiger partial charge in [0, 0.05) is 7.11 Å². The molecule has 0 aromatic carbocycles. The quantitative estimate of drug-likeness (QED) is 0.653. The topological polar surface area (TPSA) is 72.5 Å². The highest BCUT2D eigenvalue weighted by Gasteiger charge is 2.61. The van der Waals surface area contributed by atoms with Crippen molar-refractivity contribution in [3.63, 3.8) is 0 Å². The van der Waals surface area contributed by atoms with E-state index in [1.165, 1.54) is 7.11 Å². The van der Waals surface area contributed by atoms with Crippen LogP contribution in [0.4, 0.5) is 0 Å². The first-order valence-electron chi connectivity index (χ1n) is 6.67. The predicted octanol–water partition coefficient (Wildman–Crippen LogP) is 0.556. The Morgan fingerprint density at radius 3 is 2.10 bits per heavy atom. The van der Waals surface area contributed by atoms with Crippen LogP contribution in [-0.4, -0.2) is 55.4 Å². The Labute approximate surface area is 117 Å². The average Bonchev–Trinajstić information content (AvgIpc) is 2.79. The molecule has 0 radical (unpaired) electrons. The molecule has 0 N–H and O–H groups in total. The second-order valence-electron chi connectivity index (χ2n) is 6.13. The molecule has 3 saturated heterocycles. The molecule has 3 aliphatic heterocycles. The van der Waals surface area contributed by atoms with E-state index in [2.05, 4.69) is 0 Å². The molecule has 5 atom stereocenters. The van der Waals surface area contributed by atoms with Crippen molar-refractivity contribution in [3.8, 4) is 0 Å². The molecule has 3 rings (SSSR count). The predicted molar refractivity (Wildman–Crippen MR) is 64.5 cm³/mol. The summed E-state index contributed by atoms with van der Waals surface area (Å²) in [5, 5.41) is 0. The maximum Gasteiger partial charge on any atom is 0.340 e. The lowest BCUT2D eigenvalue weighted by Crippen LogP contribution is -2.44. The summed E-state index contributed by atoms with van der Waals surface area (Å²) in [4.78, 5) is 12.1. The van der Waals surface area contributed by atoms with Gasteiger partial charge in [-0.15, -0.1) is 0 Å². The van der Waals surface area contributed by atoms with Crippen LogP contribution in [0.1, 0.15) is 27.7 Å². The van der Waals surface area contributed by atoms with Gasteiger partial charge in [-0.25, -0.2) is 4.79 Å². The molecule has 7 heteroatoms. The average molecular weight is 288 g/mol. The summed E-state index contributed by atoms with van der Waals surface area (Å²) in [6, 6.07) is 0. The number of methoxy groups -OCH3 is 1. The van der Waals surface area contributed by atoms with Crippen LogP contribution in [0.25, 0.3) is 0 Å². The Kier molecular flexibility index (Phi) is 3.11. The van der Waals surface area contributed by atoms with Crippen LogP contribution in [0.5, 0.6) is 0 Å². The zero-order chi connectivity index (χ0) is 14.7. The third-order valence-corrected chi connectivity index (χ3v) is 3.58. The van der Waals surface area contributed by atoms with E-state index in [9.17, 15) is 4.79 Å². The van der Waals surface area contributed by atoms with Crippen LogP contribution in [0.2, 0.25) is 0 Å². The van der Waals surface area contributed by atoms with Crippen molar-refractivity contribution in [1.82, 2.24) is 0 Å². The van der Waals surface area contributed by atoms with Crippen molar-refractivity contribution in [2.24, 2.45) is 0 Å². The lowest BCUT2D eigenvalue weighted by atomic mass is 10.0. The van der Waals surface area contributed by atoms with Gasteiger partial charge in [0.15, 0.2) is 23.8 Å². The Morgan fingerprint density at radius 2 is 1.45 bits per heavy atom. The first-order valence-corrected chi connectivity index (χ1v) is 6.67. The van der Waals surface area contributed by atoms with Crippen molar-refractivity contribution in [3.05, 3.63) is 0 Å². The van der Waals surface area contributed by atoms with E-state index < -0.39 is 48.2 Å². The third kappa shape index (κ3) is 2.23. The number of fused-ring (bicyclic) bond motifs is 3. The standard InChI is InChI=1S/C13H20O7/c1-12(2)17-6-7-9(20-13(3,4)18-7)11(15-5)16-10(14)8(6)19-12/h6-9,11H,1-5H3/t6?,7?,8?,9-,11?/m1/s1. The Bertz CT molecular complexity index is 419. The maximum absolute atomic E-state index is 12.1. The van der Waals surface area contributed by atoms with Gasteiger partial charge in [0.1, 0.15) is 12.2 Å². The first-order chi connectivity index (χ1) is 9.22. The van der Waals surface area contributed by atoms with Gasteiger partial charge >= 0.3 is 5.97 Å². The molecule has 3 fully saturated rings. The molecule has 114 valence electrons. The molecule has 0 saturated carbocycles. The van der Waals surface area contributed by atoms with E-state index in [0.717, 1.165) is 0 Å². The Hall–Kier alpha value is -0.730. The minimum absolute atomic E-state index is 0.492. The summed E-state index contributed by atoms with van der Waals surface area (Å²) >= 11 is 0. The van der Waals surface area contributed by atoms with Crippen molar-refractivity contribution >= 4 is 5.97 Å². The maximum atomic E-state index is 12.1. The number of hydrogen-bond donors (Lipinski definition) is 0. The Morgan fingerprint density at radius 1 is 0.900 bits per heavy atom. The number of carbonyl (C=O) groups excluding carboxylic acids is 1. The van der Waals surface area contributed by atoms with E-state index in [4.69, 9.17) is 28.4 Å². The second-order valence-corrected chi connectivity index (χ2v) is 6.13. The molecule has 3 aliphatic rings. The molecule has 3 heterocycles. The number of cyclic esters (lactones) is 1. The third-order valence-electron chi connectivity index (χ3n) is 3.58. The van der Waals surface area contributed by atoms with Gasteiger partial charge < -0.3 is 28.4 Å². The second kappa shape index (κ2) is 4.38. The number of esters is 1. The highest BCUT2D eigenvalue weighted by molar-refractivity contribution is 5.76. The molecule has 4 unspecified atom stereocenters. The molecule has 0 aliphatic carbocycles. The smallest absolute Gasteiger partial charge is 0.340 e. The minimum Gasteiger partial charge on any atom is -0.431 e. The monoisotopic (exact) mass is 288 g/mol. The van der Waals surface area contributed by atoms with Crippen LogP contribution in [0.15, 0.2) is 0 Å². The van der Waals surface area contributed by atoms with Crippen LogP contribution in [0, 0.1) is 0 Å². The largest absolute Gasteiger partial charge is 0.431 e. The first kappa shape index (κ1) is 14.2. The summed E-state index contributed by atoms with van der Waals surface area (Å²) in [6.07, 6.45) is -3.30. The molecule has 7 nitrogen and oxygen atoms in total. The fraction of sp³-hybridized carbons (Fsp3) is 0.923. The Balaban J connectivity index is 1.94. The number of ether oxygens (including phenoxy) is 6. The van der Waals surface area contributed by atoms with E-state index in [0.29, 0.717) is 0 Å². The van der Waals surface area contributed by atoms with E-state index in [1.807, 2.05) is 0 Å². The van der Waals surface area contributed by atoms with Crippen LogP contribution >= 0.6 is 0 Å². The van der Waals surface area contributed by atoms with E-state index >= 15 is 0 Å². The summed E-state index contributed by atoms with van der Waals surface area (Å²) in [5.74, 6) is -2.18. The van der Waals surface area contributed by atoms with E-state index in [1.54, 1.807) is 27.7 Å². The zero-order valence-electron chi connectivity index (χ0n) is 12.2. The fourth-order valence-corrected chi connectivity index (χ4v) is 2.92. The number of rotatable bonds is 1. The van der Waals surface area contributed by atoms with Crippen molar-refractivity contribution in [2.75, 3.05) is 7.11 Å². The van der Waals surface area contributed by atoms with Gasteiger partial charge in [-0.05, 0) is 27.7 Å². The minimum atomic E-state index is -0.866. The van der Waals surface area contributed by atoms with Crippen LogP contribution in [-0.2, 0) is 33.2 Å². The van der Waals surface area contributed by atoms with Gasteiger partial charge in [0.25, 0.3) is 0 Å². The lowest BCUT2D eigenvalue weighted by Gasteiger charge is -2.25. The normalized spacial score (nSPS) is 45.5. The summed E-state index contributed by atoms with van der Waals surface area (Å²) in [5.41, 5.74) is 0. The summed E-state index contributed by atoms with van der Waals surface area (Å²) in [6.45, 7) is 7.09. The molecule has 0 spiro atoms. The van der Waals surface area contributed by atoms with E-state index in [-0.39, 0.29) is 0 Å². The van der Waals surface area contributed by atoms with Crippen LogP contribution < -0.4 is 0 Å². The molecule has 0 amide bonds. The SMILES string of the molecule is COC1OC(=O)C2OC(C)(C)OC2C2OC(C)(C)O[C@@H]12. The van der Waals surface area contributed by atoms with Crippen molar-refractivity contribution in [1.29, 1.82) is 0 Å².